The third kappa shape index (κ3) is 19.0. The van der Waals surface area contributed by atoms with E-state index >= 15 is 0 Å². The summed E-state index contributed by atoms with van der Waals surface area (Å²) in [5, 5.41) is 8.87. The van der Waals surface area contributed by atoms with Crippen LogP contribution >= 0.6 is 0 Å². The molecule has 7 rings (SSSR count). The van der Waals surface area contributed by atoms with Crippen molar-refractivity contribution in [2.75, 3.05) is 39.6 Å². The van der Waals surface area contributed by atoms with Crippen LogP contribution in [0, 0.1) is 12.8 Å². The van der Waals surface area contributed by atoms with Gasteiger partial charge >= 0.3 is 23.9 Å². The summed E-state index contributed by atoms with van der Waals surface area (Å²) >= 11 is 0. The molecule has 20 heteroatoms. The van der Waals surface area contributed by atoms with Crippen LogP contribution < -0.4 is 20.7 Å². The second-order valence-electron chi connectivity index (χ2n) is 20.0. The molecule has 20 nitrogen and oxygen atoms in total. The van der Waals surface area contributed by atoms with Crippen molar-refractivity contribution < 1.29 is 71.3 Å². The van der Waals surface area contributed by atoms with Crippen molar-refractivity contribution in [1.82, 2.24) is 25.9 Å². The van der Waals surface area contributed by atoms with E-state index in [4.69, 9.17) is 32.9 Å². The van der Waals surface area contributed by atoms with E-state index in [-0.39, 0.29) is 61.3 Å². The summed E-state index contributed by atoms with van der Waals surface area (Å²) in [5.74, 6) is -6.26. The molecule has 6 aromatic rings. The van der Waals surface area contributed by atoms with Crippen LogP contribution in [0.2, 0.25) is 0 Å². The summed E-state index contributed by atoms with van der Waals surface area (Å²) < 4.78 is 33.8. The lowest BCUT2D eigenvalue weighted by Crippen LogP contribution is -2.49. The number of nitrogens with one attached hydrogen (secondary N) is 3. The van der Waals surface area contributed by atoms with Gasteiger partial charge < -0.3 is 48.9 Å². The van der Waals surface area contributed by atoms with Crippen molar-refractivity contribution in [2.45, 2.75) is 97.7 Å². The predicted molar refractivity (Wildman–Crippen MR) is 307 cm³/mol. The van der Waals surface area contributed by atoms with E-state index in [2.05, 4.69) is 20.9 Å². The summed E-state index contributed by atoms with van der Waals surface area (Å²) in [4.78, 5) is 116. The number of ether oxygens (including phenoxy) is 5. The lowest BCUT2D eigenvalue weighted by Gasteiger charge is -2.32. The van der Waals surface area contributed by atoms with Crippen molar-refractivity contribution in [3.8, 4) is 17.1 Å². The third-order valence-corrected chi connectivity index (χ3v) is 13.8. The molecule has 2 heterocycles. The molecule has 1 aliphatic rings. The van der Waals surface area contributed by atoms with Crippen molar-refractivity contribution in [2.24, 2.45) is 5.92 Å². The first-order chi connectivity index (χ1) is 40.8. The maximum Gasteiger partial charge on any atom is 0.363 e. The summed E-state index contributed by atoms with van der Waals surface area (Å²) in [6, 6.07) is 36.9. The van der Waals surface area contributed by atoms with Gasteiger partial charge in [0.15, 0.2) is 12.4 Å². The molecule has 1 unspecified atom stereocenters. The maximum atomic E-state index is 14.2. The van der Waals surface area contributed by atoms with Gasteiger partial charge in [-0.2, -0.15) is 5.06 Å². The second kappa shape index (κ2) is 32.5. The lowest BCUT2D eigenvalue weighted by molar-refractivity contribution is -0.171. The first-order valence-corrected chi connectivity index (χ1v) is 28.0. The van der Waals surface area contributed by atoms with Crippen molar-refractivity contribution in [3.05, 3.63) is 184 Å². The van der Waals surface area contributed by atoms with Crippen molar-refractivity contribution >= 4 is 48.0 Å². The van der Waals surface area contributed by atoms with Gasteiger partial charge in [0.1, 0.15) is 37.4 Å². The number of furan rings is 1. The molecular weight excluding hydrogens is 1080 g/mol. The highest BCUT2D eigenvalue weighted by atomic mass is 16.7. The summed E-state index contributed by atoms with van der Waals surface area (Å²) in [7, 11) is 0. The van der Waals surface area contributed by atoms with Crippen LogP contribution in [0.4, 0.5) is 0 Å². The Bertz CT molecular complexity index is 3150. The number of rotatable bonds is 31. The van der Waals surface area contributed by atoms with E-state index in [0.717, 1.165) is 42.1 Å². The van der Waals surface area contributed by atoms with Crippen LogP contribution in [0.3, 0.4) is 0 Å². The molecule has 3 N–H and O–H groups in total. The van der Waals surface area contributed by atoms with Gasteiger partial charge in [-0.3, -0.25) is 28.9 Å². The Morgan fingerprint density at radius 1 is 0.679 bits per heavy atom. The number of hydroxylamine groups is 2. The van der Waals surface area contributed by atoms with Crippen LogP contribution in [-0.2, 0) is 74.1 Å². The quantitative estimate of drug-likeness (QED) is 0.00927. The Kier molecular flexibility index (Phi) is 24.2. The minimum Gasteiger partial charge on any atom is -0.481 e. The molecule has 442 valence electrons. The van der Waals surface area contributed by atoms with E-state index in [1.54, 1.807) is 98.8 Å². The van der Waals surface area contributed by atoms with Gasteiger partial charge in [0.05, 0.1) is 49.4 Å². The number of hydrogen-bond donors (Lipinski definition) is 3. The zero-order valence-corrected chi connectivity index (χ0v) is 47.4. The smallest absolute Gasteiger partial charge is 0.363 e. The number of unbranched alkanes of at least 4 members (excludes halogenated alkanes) is 2. The third-order valence-electron chi connectivity index (χ3n) is 13.8. The Labute approximate surface area is 488 Å². The topological polar surface area (TPSA) is 248 Å². The number of benzene rings is 5. The number of carbonyl (C=O) groups is 8. The first-order valence-electron chi connectivity index (χ1n) is 28.0. The molecule has 84 heavy (non-hydrogen) atoms. The summed E-state index contributed by atoms with van der Waals surface area (Å²) in [6.07, 6.45) is 2.75. The van der Waals surface area contributed by atoms with Crippen molar-refractivity contribution in [1.29, 1.82) is 0 Å². The van der Waals surface area contributed by atoms with E-state index < -0.39 is 72.6 Å². The number of morpholine rings is 1. The fraction of sp³-hybridized carbons (Fsp3) is 0.344. The molecule has 3 atom stereocenters. The molecule has 0 saturated carbocycles. The Morgan fingerprint density at radius 3 is 1.93 bits per heavy atom. The van der Waals surface area contributed by atoms with Gasteiger partial charge in [-0.05, 0) is 77.9 Å². The molecule has 0 spiro atoms. The molecule has 1 fully saturated rings. The first kappa shape index (κ1) is 62.5. The largest absolute Gasteiger partial charge is 0.481 e. The van der Waals surface area contributed by atoms with Crippen LogP contribution in [-0.4, -0.2) is 110 Å². The Morgan fingerprint density at radius 2 is 1.31 bits per heavy atom. The Hall–Kier alpha value is -9.14. The van der Waals surface area contributed by atoms with Gasteiger partial charge in [-0.15, -0.1) is 0 Å². The van der Waals surface area contributed by atoms with Crippen LogP contribution in [0.25, 0.3) is 11.3 Å². The summed E-state index contributed by atoms with van der Waals surface area (Å²) in [5.41, 5.74) is 4.23. The molecule has 1 aliphatic heterocycles. The highest BCUT2D eigenvalue weighted by molar-refractivity contribution is 6.00. The zero-order valence-electron chi connectivity index (χ0n) is 47.4. The molecule has 4 amide bonds. The fourth-order valence-corrected chi connectivity index (χ4v) is 9.30. The number of carbonyl (C=O) groups excluding carboxylic acids is 8. The lowest BCUT2D eigenvalue weighted by atomic mass is 9.90. The van der Waals surface area contributed by atoms with Gasteiger partial charge in [0.2, 0.25) is 12.3 Å². The molecule has 0 radical (unpaired) electrons. The fourth-order valence-electron chi connectivity index (χ4n) is 9.30. The maximum absolute atomic E-state index is 14.2. The highest BCUT2D eigenvalue weighted by Gasteiger charge is 2.34. The molecule has 0 aliphatic carbocycles. The van der Waals surface area contributed by atoms with Crippen LogP contribution in [0.1, 0.15) is 111 Å². The predicted octanol–water partition coefficient (Wildman–Crippen LogP) is 8.19. The van der Waals surface area contributed by atoms with Gasteiger partial charge in [0, 0.05) is 25.2 Å². The SMILES string of the molecule is CCCCCC(C(=O)NCNC(=O)c1ccc(-c2ccc(C(=O)N[C@@H](CC(=O)OCc3ccccc3)C(=O)OCc3ccccc3)c(OCC(=O)OCc3ccccc3)c2)o1)[C@@H](CC)N(C=O)OC(=O)c1ccc(CN2CCOCC2)cc1C. The number of esters is 3. The normalized spacial score (nSPS) is 13.2. The highest BCUT2D eigenvalue weighted by Crippen LogP contribution is 2.30. The molecule has 5 aromatic carbocycles. The molecule has 1 saturated heterocycles. The van der Waals surface area contributed by atoms with E-state index in [1.807, 2.05) is 31.2 Å². The van der Waals surface area contributed by atoms with E-state index in [9.17, 15) is 38.4 Å². The average molecular weight is 1150 g/mol. The number of amides is 4. The second-order valence-corrected chi connectivity index (χ2v) is 20.0. The monoisotopic (exact) mass is 1150 g/mol. The van der Waals surface area contributed by atoms with Gasteiger partial charge in [-0.1, -0.05) is 142 Å². The molecular formula is C64H71N5O15. The minimum atomic E-state index is -1.52. The number of hydrogen-bond acceptors (Lipinski definition) is 16. The van der Waals surface area contributed by atoms with E-state index in [0.29, 0.717) is 61.3 Å². The number of nitrogens with zero attached hydrogens (tertiary/aromatic N) is 2. The van der Waals surface area contributed by atoms with Crippen molar-refractivity contribution in [3.63, 3.8) is 0 Å². The van der Waals surface area contributed by atoms with E-state index in [1.165, 1.54) is 30.3 Å². The van der Waals surface area contributed by atoms with Crippen LogP contribution in [0.5, 0.6) is 5.75 Å². The van der Waals surface area contributed by atoms with Gasteiger partial charge in [-0.25, -0.2) is 14.4 Å². The Balaban J connectivity index is 1.02. The van der Waals surface area contributed by atoms with Crippen LogP contribution in [0.15, 0.2) is 144 Å². The molecule has 1 aromatic heterocycles. The zero-order chi connectivity index (χ0) is 59.6. The minimum absolute atomic E-state index is 0.0499. The average Bonchev–Trinajstić information content (AvgIpc) is 4.22. The molecule has 0 bridgehead atoms. The van der Waals surface area contributed by atoms with Gasteiger partial charge in [0.25, 0.3) is 11.8 Å². The number of aryl methyl sites for hydroxylation is 1. The summed E-state index contributed by atoms with van der Waals surface area (Å²) in [6.45, 7) is 7.98. The standard InChI is InChI=1S/C64H71N5O15/c1-4-6-10-23-51(54(5-2)69(43-70)84-63(76)50-26-24-48(34-44(50)3)37-68-30-32-78-33-31-68)60(73)65-42-66-62(75)56-29-28-55(83-56)49-25-27-52(57(35-49)79-41-59(72)81-39-46-19-13-8-14-20-46)61(74)67-53(64(77)82-40-47-21-15-9-16-22-47)36-58(71)80-38-45-17-11-7-12-18-45/h7-9,11-22,24-29,34-35,43,51,53-54H,4-6,10,23,30-33,36-42H2,1-3H3,(H,65,73)(H,66,75)(H,67,74)/t51?,53-,54+/m0/s1.